The van der Waals surface area contributed by atoms with Crippen molar-refractivity contribution in [1.82, 2.24) is 15.5 Å². The number of carbonyl (C=O) groups excluding carboxylic acids is 1. The summed E-state index contributed by atoms with van der Waals surface area (Å²) in [5.41, 5.74) is 2.07. The minimum Gasteiger partial charge on any atom is -0.351 e. The highest BCUT2D eigenvalue weighted by Crippen LogP contribution is 2.10. The molecule has 1 fully saturated rings. The van der Waals surface area contributed by atoms with Crippen molar-refractivity contribution in [2.24, 2.45) is 5.92 Å². The average molecular weight is 303 g/mol. The van der Waals surface area contributed by atoms with Crippen LogP contribution in [0.15, 0.2) is 24.3 Å². The van der Waals surface area contributed by atoms with E-state index >= 15 is 0 Å². The van der Waals surface area contributed by atoms with Gasteiger partial charge in [0.1, 0.15) is 0 Å². The van der Waals surface area contributed by atoms with Gasteiger partial charge in [0.2, 0.25) is 0 Å². The van der Waals surface area contributed by atoms with Gasteiger partial charge in [-0.25, -0.2) is 0 Å². The van der Waals surface area contributed by atoms with Crippen LogP contribution in [0, 0.1) is 5.92 Å². The van der Waals surface area contributed by atoms with Gasteiger partial charge in [0.15, 0.2) is 0 Å². The van der Waals surface area contributed by atoms with E-state index in [1.54, 1.807) is 0 Å². The molecular formula is C18H29N3O. The van der Waals surface area contributed by atoms with E-state index in [0.29, 0.717) is 12.5 Å². The molecule has 122 valence electrons. The number of nitrogens with zero attached hydrogens (tertiary/aromatic N) is 1. The summed E-state index contributed by atoms with van der Waals surface area (Å²) in [5, 5.41) is 6.35. The lowest BCUT2D eigenvalue weighted by molar-refractivity contribution is 0.0947. The van der Waals surface area contributed by atoms with Crippen molar-refractivity contribution in [3.05, 3.63) is 35.4 Å². The summed E-state index contributed by atoms with van der Waals surface area (Å²) in [6.07, 6.45) is 2.28. The molecule has 0 aromatic heterocycles. The molecular weight excluding hydrogens is 274 g/mol. The summed E-state index contributed by atoms with van der Waals surface area (Å²) in [4.78, 5) is 14.5. The van der Waals surface area contributed by atoms with Crippen LogP contribution in [0.4, 0.5) is 0 Å². The Hall–Kier alpha value is -1.39. The molecule has 1 amide bonds. The summed E-state index contributed by atoms with van der Waals surface area (Å²) >= 11 is 0. The van der Waals surface area contributed by atoms with E-state index < -0.39 is 0 Å². The molecule has 0 saturated carbocycles. The molecule has 2 N–H and O–H groups in total. The van der Waals surface area contributed by atoms with E-state index in [9.17, 15) is 4.79 Å². The molecule has 4 nitrogen and oxygen atoms in total. The zero-order valence-corrected chi connectivity index (χ0v) is 13.9. The second kappa shape index (κ2) is 8.91. The van der Waals surface area contributed by atoms with Crippen LogP contribution in [0.3, 0.4) is 0 Å². The fourth-order valence-electron chi connectivity index (χ4n) is 2.64. The predicted molar refractivity (Wildman–Crippen MR) is 91.2 cm³/mol. The number of hydrogen-bond acceptors (Lipinski definition) is 3. The quantitative estimate of drug-likeness (QED) is 0.809. The first-order valence-electron chi connectivity index (χ1n) is 8.45. The first-order chi connectivity index (χ1) is 10.6. The van der Waals surface area contributed by atoms with Gasteiger partial charge in [-0.3, -0.25) is 9.69 Å². The van der Waals surface area contributed by atoms with Crippen LogP contribution in [-0.2, 0) is 6.42 Å². The van der Waals surface area contributed by atoms with Crippen LogP contribution >= 0.6 is 0 Å². The highest BCUT2D eigenvalue weighted by molar-refractivity contribution is 5.94. The number of aryl methyl sites for hydroxylation is 1. The first kappa shape index (κ1) is 17.0. The van der Waals surface area contributed by atoms with Crippen molar-refractivity contribution in [2.75, 3.05) is 39.3 Å². The Morgan fingerprint density at radius 2 is 1.91 bits per heavy atom. The van der Waals surface area contributed by atoms with Crippen LogP contribution in [0.5, 0.6) is 0 Å². The monoisotopic (exact) mass is 303 g/mol. The third-order valence-corrected chi connectivity index (χ3v) is 4.15. The lowest BCUT2D eigenvalue weighted by Crippen LogP contribution is -2.46. The Kier molecular flexibility index (Phi) is 6.87. The molecule has 0 bridgehead atoms. The number of piperazine rings is 1. The molecule has 4 heteroatoms. The number of nitrogens with one attached hydrogen (secondary N) is 2. The van der Waals surface area contributed by atoms with Gasteiger partial charge in [0.25, 0.3) is 5.91 Å². The van der Waals surface area contributed by atoms with Crippen LogP contribution in [0.25, 0.3) is 0 Å². The van der Waals surface area contributed by atoms with E-state index in [1.807, 2.05) is 12.1 Å². The second-order valence-electron chi connectivity index (χ2n) is 6.48. The van der Waals surface area contributed by atoms with E-state index in [0.717, 1.165) is 44.7 Å². The van der Waals surface area contributed by atoms with Gasteiger partial charge in [0.05, 0.1) is 0 Å². The molecule has 1 aromatic rings. The van der Waals surface area contributed by atoms with E-state index in [-0.39, 0.29) is 5.91 Å². The second-order valence-corrected chi connectivity index (χ2v) is 6.48. The minimum atomic E-state index is 0.0329. The highest BCUT2D eigenvalue weighted by atomic mass is 16.1. The van der Waals surface area contributed by atoms with Crippen molar-refractivity contribution in [3.8, 4) is 0 Å². The van der Waals surface area contributed by atoms with Crippen molar-refractivity contribution < 1.29 is 4.79 Å². The van der Waals surface area contributed by atoms with Gasteiger partial charge >= 0.3 is 0 Å². The standard InChI is InChI=1S/C18H29N3O/c1-15(2)3-4-16-5-7-17(8-6-16)18(22)20-11-14-21-12-9-19-10-13-21/h5-8,15,19H,3-4,9-14H2,1-2H3,(H,20,22). The molecule has 22 heavy (non-hydrogen) atoms. The fourth-order valence-corrected chi connectivity index (χ4v) is 2.64. The Balaban J connectivity index is 1.72. The van der Waals surface area contributed by atoms with Gasteiger partial charge in [0, 0.05) is 44.8 Å². The molecule has 0 unspecified atom stereocenters. The molecule has 1 aliphatic rings. The third kappa shape index (κ3) is 5.78. The van der Waals surface area contributed by atoms with E-state index in [2.05, 4.69) is 41.5 Å². The maximum atomic E-state index is 12.1. The molecule has 2 rings (SSSR count). The zero-order valence-electron chi connectivity index (χ0n) is 13.9. The smallest absolute Gasteiger partial charge is 0.251 e. The van der Waals surface area contributed by atoms with Gasteiger partial charge in [-0.2, -0.15) is 0 Å². The lowest BCUT2D eigenvalue weighted by Gasteiger charge is -2.27. The highest BCUT2D eigenvalue weighted by Gasteiger charge is 2.10. The molecule has 1 heterocycles. The van der Waals surface area contributed by atoms with Crippen molar-refractivity contribution in [2.45, 2.75) is 26.7 Å². The Bertz CT molecular complexity index is 450. The number of carbonyl (C=O) groups is 1. The number of hydrogen-bond donors (Lipinski definition) is 2. The maximum Gasteiger partial charge on any atom is 0.251 e. The van der Waals surface area contributed by atoms with Crippen LogP contribution < -0.4 is 10.6 Å². The average Bonchev–Trinajstić information content (AvgIpc) is 2.54. The molecule has 0 aliphatic carbocycles. The Morgan fingerprint density at radius 1 is 1.23 bits per heavy atom. The topological polar surface area (TPSA) is 44.4 Å². The molecule has 0 radical (unpaired) electrons. The van der Waals surface area contributed by atoms with Crippen LogP contribution in [0.2, 0.25) is 0 Å². The van der Waals surface area contributed by atoms with Crippen molar-refractivity contribution in [1.29, 1.82) is 0 Å². The first-order valence-corrected chi connectivity index (χ1v) is 8.45. The predicted octanol–water partition coefficient (Wildman–Crippen LogP) is 1.91. The van der Waals surface area contributed by atoms with Gasteiger partial charge in [-0.05, 0) is 36.5 Å². The van der Waals surface area contributed by atoms with Crippen molar-refractivity contribution >= 4 is 5.91 Å². The van der Waals surface area contributed by atoms with Crippen molar-refractivity contribution in [3.63, 3.8) is 0 Å². The normalized spacial score (nSPS) is 16.0. The molecule has 0 spiro atoms. The minimum absolute atomic E-state index is 0.0329. The zero-order chi connectivity index (χ0) is 15.8. The maximum absolute atomic E-state index is 12.1. The lowest BCUT2D eigenvalue weighted by atomic mass is 10.0. The molecule has 1 aromatic carbocycles. The number of amides is 1. The molecule has 1 saturated heterocycles. The van der Waals surface area contributed by atoms with Crippen LogP contribution in [0.1, 0.15) is 36.2 Å². The third-order valence-electron chi connectivity index (χ3n) is 4.15. The summed E-state index contributed by atoms with van der Waals surface area (Å²) in [6.45, 7) is 10.4. The Morgan fingerprint density at radius 3 is 2.55 bits per heavy atom. The molecule has 1 aliphatic heterocycles. The summed E-state index contributed by atoms with van der Waals surface area (Å²) < 4.78 is 0. The largest absolute Gasteiger partial charge is 0.351 e. The summed E-state index contributed by atoms with van der Waals surface area (Å²) in [5.74, 6) is 0.749. The fraction of sp³-hybridized carbons (Fsp3) is 0.611. The number of rotatable bonds is 7. The van der Waals surface area contributed by atoms with E-state index in [1.165, 1.54) is 12.0 Å². The molecule has 0 atom stereocenters. The van der Waals surface area contributed by atoms with E-state index in [4.69, 9.17) is 0 Å². The number of benzene rings is 1. The van der Waals surface area contributed by atoms with Gasteiger partial charge < -0.3 is 10.6 Å². The SMILES string of the molecule is CC(C)CCc1ccc(C(=O)NCCN2CCNCC2)cc1. The van der Waals surface area contributed by atoms with Gasteiger partial charge in [-0.1, -0.05) is 26.0 Å². The Labute approximate surface area is 134 Å². The van der Waals surface area contributed by atoms with Crippen LogP contribution in [-0.4, -0.2) is 50.1 Å². The summed E-state index contributed by atoms with van der Waals surface area (Å²) in [7, 11) is 0. The summed E-state index contributed by atoms with van der Waals surface area (Å²) in [6, 6.07) is 8.03. The van der Waals surface area contributed by atoms with Gasteiger partial charge in [-0.15, -0.1) is 0 Å².